The van der Waals surface area contributed by atoms with E-state index in [1.165, 1.54) is 17.7 Å². The second-order valence-electron chi connectivity index (χ2n) is 6.31. The van der Waals surface area contributed by atoms with E-state index in [1.807, 2.05) is 56.3 Å². The standard InChI is InChI=1S/C23H23NO3/c1-17(2)8-12-20-13-9-19(11-15-23(26)27)16-21(20)24-22(25)14-10-18-6-4-3-5-7-18/h3-11,13-16H,12H2,1-2H3,(H,24,25)(H,26,27)/b14-10+,15-11+. The van der Waals surface area contributed by atoms with E-state index in [4.69, 9.17) is 5.11 Å². The van der Waals surface area contributed by atoms with Crippen molar-refractivity contribution in [1.29, 1.82) is 0 Å². The number of hydrogen-bond donors (Lipinski definition) is 2. The monoisotopic (exact) mass is 361 g/mol. The van der Waals surface area contributed by atoms with Crippen molar-refractivity contribution >= 4 is 29.7 Å². The van der Waals surface area contributed by atoms with Gasteiger partial charge < -0.3 is 10.4 Å². The predicted octanol–water partition coefficient (Wildman–Crippen LogP) is 4.95. The van der Waals surface area contributed by atoms with Crippen molar-refractivity contribution in [1.82, 2.24) is 0 Å². The number of benzene rings is 2. The molecule has 2 aromatic carbocycles. The number of carbonyl (C=O) groups excluding carboxylic acids is 1. The zero-order valence-electron chi connectivity index (χ0n) is 15.5. The molecule has 0 radical (unpaired) electrons. The molecule has 4 heteroatoms. The molecule has 0 aliphatic heterocycles. The van der Waals surface area contributed by atoms with Gasteiger partial charge in [0.15, 0.2) is 0 Å². The third kappa shape index (κ3) is 7.16. The van der Waals surface area contributed by atoms with Crippen LogP contribution >= 0.6 is 0 Å². The molecule has 0 aliphatic rings. The van der Waals surface area contributed by atoms with Crippen molar-refractivity contribution in [3.05, 3.63) is 89.0 Å². The second kappa shape index (κ2) is 9.92. The number of carboxylic acid groups (broad SMARTS) is 1. The highest BCUT2D eigenvalue weighted by Gasteiger charge is 2.06. The van der Waals surface area contributed by atoms with Gasteiger partial charge in [0, 0.05) is 17.8 Å². The normalized spacial score (nSPS) is 10.9. The van der Waals surface area contributed by atoms with Gasteiger partial charge >= 0.3 is 5.97 Å². The number of aliphatic carboxylic acids is 1. The molecule has 0 aliphatic carbocycles. The van der Waals surface area contributed by atoms with Crippen molar-refractivity contribution < 1.29 is 14.7 Å². The molecule has 0 heterocycles. The van der Waals surface area contributed by atoms with E-state index in [0.717, 1.165) is 17.2 Å². The summed E-state index contributed by atoms with van der Waals surface area (Å²) in [6.07, 6.45) is 8.58. The van der Waals surface area contributed by atoms with Crippen LogP contribution in [-0.2, 0) is 16.0 Å². The van der Waals surface area contributed by atoms with Gasteiger partial charge in [0.2, 0.25) is 5.91 Å². The van der Waals surface area contributed by atoms with Crippen LogP contribution in [0, 0.1) is 0 Å². The molecule has 2 aromatic rings. The van der Waals surface area contributed by atoms with Gasteiger partial charge in [-0.05, 0) is 55.2 Å². The lowest BCUT2D eigenvalue weighted by molar-refractivity contribution is -0.131. The lowest BCUT2D eigenvalue weighted by Crippen LogP contribution is -2.10. The highest BCUT2D eigenvalue weighted by atomic mass is 16.4. The Balaban J connectivity index is 2.23. The maximum absolute atomic E-state index is 12.3. The summed E-state index contributed by atoms with van der Waals surface area (Å²) >= 11 is 0. The second-order valence-corrected chi connectivity index (χ2v) is 6.31. The van der Waals surface area contributed by atoms with E-state index in [9.17, 15) is 9.59 Å². The molecule has 0 saturated carbocycles. The third-order valence-electron chi connectivity index (χ3n) is 3.77. The molecule has 4 nitrogen and oxygen atoms in total. The highest BCUT2D eigenvalue weighted by Crippen LogP contribution is 2.21. The summed E-state index contributed by atoms with van der Waals surface area (Å²) in [6.45, 7) is 4.04. The summed E-state index contributed by atoms with van der Waals surface area (Å²) in [4.78, 5) is 23.1. The van der Waals surface area contributed by atoms with Crippen molar-refractivity contribution in [3.8, 4) is 0 Å². The summed E-state index contributed by atoms with van der Waals surface area (Å²) in [5.41, 5.74) is 4.47. The highest BCUT2D eigenvalue weighted by molar-refractivity contribution is 6.02. The minimum absolute atomic E-state index is 0.239. The lowest BCUT2D eigenvalue weighted by Gasteiger charge is -2.10. The van der Waals surface area contributed by atoms with Crippen LogP contribution in [0.15, 0.2) is 72.3 Å². The average molecular weight is 361 g/mol. The van der Waals surface area contributed by atoms with E-state index in [-0.39, 0.29) is 5.91 Å². The van der Waals surface area contributed by atoms with Crippen LogP contribution < -0.4 is 5.32 Å². The molecule has 27 heavy (non-hydrogen) atoms. The first-order chi connectivity index (χ1) is 12.9. The molecule has 0 bridgehead atoms. The summed E-state index contributed by atoms with van der Waals surface area (Å²) in [5, 5.41) is 11.7. The Hall–Kier alpha value is -3.40. The van der Waals surface area contributed by atoms with Gasteiger partial charge in [0.05, 0.1) is 0 Å². The number of rotatable bonds is 7. The number of nitrogens with one attached hydrogen (secondary N) is 1. The smallest absolute Gasteiger partial charge is 0.328 e. The largest absolute Gasteiger partial charge is 0.478 e. The van der Waals surface area contributed by atoms with Crippen LogP contribution in [0.25, 0.3) is 12.2 Å². The first-order valence-electron chi connectivity index (χ1n) is 8.65. The molecule has 0 spiro atoms. The molecule has 0 unspecified atom stereocenters. The Bertz CT molecular complexity index is 889. The van der Waals surface area contributed by atoms with Crippen LogP contribution in [0.3, 0.4) is 0 Å². The molecular formula is C23H23NO3. The zero-order valence-corrected chi connectivity index (χ0v) is 15.5. The fourth-order valence-electron chi connectivity index (χ4n) is 2.38. The Labute approximate surface area is 159 Å². The molecule has 138 valence electrons. The molecule has 2 N–H and O–H groups in total. The lowest BCUT2D eigenvalue weighted by atomic mass is 10.0. The Morgan fingerprint density at radius 1 is 0.963 bits per heavy atom. The maximum atomic E-state index is 12.3. The first-order valence-corrected chi connectivity index (χ1v) is 8.65. The molecule has 0 fully saturated rings. The summed E-state index contributed by atoms with van der Waals surface area (Å²) < 4.78 is 0. The molecule has 1 amide bonds. The topological polar surface area (TPSA) is 66.4 Å². The van der Waals surface area contributed by atoms with Gasteiger partial charge in [-0.25, -0.2) is 4.79 Å². The average Bonchev–Trinajstić information content (AvgIpc) is 2.64. The molecule has 0 aromatic heterocycles. The van der Waals surface area contributed by atoms with Crippen LogP contribution in [0.1, 0.15) is 30.5 Å². The first kappa shape index (κ1) is 19.9. The zero-order chi connectivity index (χ0) is 19.6. The van der Waals surface area contributed by atoms with Gasteiger partial charge in [-0.15, -0.1) is 0 Å². The molecule has 0 saturated heterocycles. The van der Waals surface area contributed by atoms with Crippen molar-refractivity contribution in [2.45, 2.75) is 20.3 Å². The van der Waals surface area contributed by atoms with Crippen LogP contribution in [0.4, 0.5) is 5.69 Å². The fraction of sp³-hybridized carbons (Fsp3) is 0.130. The summed E-state index contributed by atoms with van der Waals surface area (Å²) in [7, 11) is 0. The minimum atomic E-state index is -1.01. The van der Waals surface area contributed by atoms with Gasteiger partial charge in [-0.2, -0.15) is 0 Å². The van der Waals surface area contributed by atoms with E-state index in [2.05, 4.69) is 11.4 Å². The van der Waals surface area contributed by atoms with Crippen LogP contribution in [0.5, 0.6) is 0 Å². The van der Waals surface area contributed by atoms with Crippen LogP contribution in [-0.4, -0.2) is 17.0 Å². The van der Waals surface area contributed by atoms with Gasteiger partial charge in [0.25, 0.3) is 0 Å². The van der Waals surface area contributed by atoms with E-state index in [1.54, 1.807) is 12.1 Å². The van der Waals surface area contributed by atoms with Crippen LogP contribution in [0.2, 0.25) is 0 Å². The van der Waals surface area contributed by atoms with E-state index < -0.39 is 5.97 Å². The maximum Gasteiger partial charge on any atom is 0.328 e. The van der Waals surface area contributed by atoms with Crippen molar-refractivity contribution in [3.63, 3.8) is 0 Å². The number of carboxylic acids is 1. The van der Waals surface area contributed by atoms with E-state index >= 15 is 0 Å². The number of allylic oxidation sites excluding steroid dienone is 2. The van der Waals surface area contributed by atoms with Gasteiger partial charge in [-0.3, -0.25) is 4.79 Å². The fourth-order valence-corrected chi connectivity index (χ4v) is 2.38. The molecule has 2 rings (SSSR count). The Morgan fingerprint density at radius 2 is 1.67 bits per heavy atom. The SMILES string of the molecule is CC(C)=CCc1ccc(/C=C/C(=O)O)cc1NC(=O)/C=C/c1ccccc1. The third-order valence-corrected chi connectivity index (χ3v) is 3.77. The minimum Gasteiger partial charge on any atom is -0.478 e. The summed E-state index contributed by atoms with van der Waals surface area (Å²) in [5.74, 6) is -1.25. The van der Waals surface area contributed by atoms with Gasteiger partial charge in [-0.1, -0.05) is 54.1 Å². The number of carbonyl (C=O) groups is 2. The van der Waals surface area contributed by atoms with Crippen molar-refractivity contribution in [2.75, 3.05) is 5.32 Å². The number of hydrogen-bond acceptors (Lipinski definition) is 2. The number of anilines is 1. The van der Waals surface area contributed by atoms with Gasteiger partial charge in [0.1, 0.15) is 0 Å². The number of amides is 1. The Morgan fingerprint density at radius 3 is 2.33 bits per heavy atom. The Kier molecular flexibility index (Phi) is 7.32. The van der Waals surface area contributed by atoms with Crippen molar-refractivity contribution in [2.24, 2.45) is 0 Å². The molecule has 0 atom stereocenters. The quantitative estimate of drug-likeness (QED) is 0.542. The summed E-state index contributed by atoms with van der Waals surface area (Å²) in [6, 6.07) is 15.1. The van der Waals surface area contributed by atoms with E-state index in [0.29, 0.717) is 17.7 Å². The predicted molar refractivity (Wildman–Crippen MR) is 110 cm³/mol. The molecular weight excluding hydrogens is 338 g/mol.